The molecule has 1 saturated heterocycles. The topological polar surface area (TPSA) is 78.5 Å². The minimum Gasteiger partial charge on any atom is -0.292 e. The number of hydrogen-bond acceptors (Lipinski definition) is 5. The molecule has 0 spiro atoms. The van der Waals surface area contributed by atoms with Crippen molar-refractivity contribution in [1.29, 1.82) is 0 Å². The van der Waals surface area contributed by atoms with Crippen LogP contribution in [0.2, 0.25) is 5.02 Å². The molecule has 2 aromatic rings. The van der Waals surface area contributed by atoms with E-state index in [1.54, 1.807) is 24.3 Å². The van der Waals surface area contributed by atoms with Crippen LogP contribution in [-0.2, 0) is 9.59 Å². The van der Waals surface area contributed by atoms with Crippen molar-refractivity contribution < 1.29 is 14.4 Å². The van der Waals surface area contributed by atoms with Gasteiger partial charge in [-0.15, -0.1) is 0 Å². The maximum Gasteiger partial charge on any atom is 0.269 e. The Balaban J connectivity index is 1.52. The first-order chi connectivity index (χ1) is 14.3. The van der Waals surface area contributed by atoms with Crippen molar-refractivity contribution >= 4 is 79.6 Å². The molecule has 0 atom stereocenters. The number of thiocarbonyl (C=S) groups is 1. The Hall–Kier alpha value is -2.20. The molecule has 1 heterocycles. The first-order valence-electron chi connectivity index (χ1n) is 8.69. The summed E-state index contributed by atoms with van der Waals surface area (Å²) in [6, 6.07) is 13.9. The number of hydrazine groups is 1. The Morgan fingerprint density at radius 1 is 1.17 bits per heavy atom. The highest BCUT2D eigenvalue weighted by molar-refractivity contribution is 9.10. The lowest BCUT2D eigenvalue weighted by molar-refractivity contribution is -0.124. The van der Waals surface area contributed by atoms with Gasteiger partial charge in [0.15, 0.2) is 0 Å². The van der Waals surface area contributed by atoms with Crippen LogP contribution in [0.5, 0.6) is 0 Å². The minimum absolute atomic E-state index is 0.0214. The number of benzene rings is 2. The van der Waals surface area contributed by atoms with E-state index in [1.807, 2.05) is 24.3 Å². The van der Waals surface area contributed by atoms with Crippen molar-refractivity contribution in [3.63, 3.8) is 0 Å². The van der Waals surface area contributed by atoms with Crippen molar-refractivity contribution in [3.05, 3.63) is 74.1 Å². The Morgan fingerprint density at radius 3 is 2.67 bits per heavy atom. The Labute approximate surface area is 196 Å². The molecule has 3 amide bonds. The minimum atomic E-state index is -0.492. The van der Waals surface area contributed by atoms with Crippen LogP contribution < -0.4 is 10.9 Å². The van der Waals surface area contributed by atoms with E-state index in [0.29, 0.717) is 19.8 Å². The van der Waals surface area contributed by atoms with E-state index in [4.69, 9.17) is 23.8 Å². The lowest BCUT2D eigenvalue weighted by Crippen LogP contribution is -2.43. The summed E-state index contributed by atoms with van der Waals surface area (Å²) < 4.78 is 1.29. The molecule has 1 aliphatic rings. The zero-order valence-electron chi connectivity index (χ0n) is 15.4. The summed E-state index contributed by atoms with van der Waals surface area (Å²) in [6.45, 7) is 0.110. The molecule has 1 fully saturated rings. The van der Waals surface area contributed by atoms with Gasteiger partial charge in [0, 0.05) is 28.0 Å². The van der Waals surface area contributed by atoms with Gasteiger partial charge in [0.25, 0.3) is 11.8 Å². The molecule has 30 heavy (non-hydrogen) atoms. The fourth-order valence-electron chi connectivity index (χ4n) is 2.54. The standard InChI is InChI=1S/C20H15BrClN3O3S2/c21-14-5-1-3-12(9-14)10-16-19(28)25(20(29)30-16)8-7-17(26)23-24-18(27)13-4-2-6-15(22)11-13/h1-6,9-11H,7-8H2,(H,23,26)(H,24,27)/b16-10-. The maximum atomic E-state index is 12.6. The maximum absolute atomic E-state index is 12.6. The zero-order valence-corrected chi connectivity index (χ0v) is 19.3. The van der Waals surface area contributed by atoms with E-state index < -0.39 is 11.8 Å². The van der Waals surface area contributed by atoms with Gasteiger partial charge in [-0.2, -0.15) is 0 Å². The summed E-state index contributed by atoms with van der Waals surface area (Å²) in [5.74, 6) is -1.19. The average Bonchev–Trinajstić information content (AvgIpc) is 2.97. The highest BCUT2D eigenvalue weighted by Crippen LogP contribution is 2.32. The summed E-state index contributed by atoms with van der Waals surface area (Å²) in [5.41, 5.74) is 5.82. The Kier molecular flexibility index (Phi) is 7.65. The molecular formula is C20H15BrClN3O3S2. The number of thioether (sulfide) groups is 1. The molecule has 0 radical (unpaired) electrons. The number of hydrogen-bond donors (Lipinski definition) is 2. The van der Waals surface area contributed by atoms with Gasteiger partial charge in [0.1, 0.15) is 4.32 Å². The second-order valence-corrected chi connectivity index (χ2v) is 9.18. The third-order valence-corrected chi connectivity index (χ3v) is 6.09. The van der Waals surface area contributed by atoms with Crippen LogP contribution in [0.3, 0.4) is 0 Å². The third kappa shape index (κ3) is 5.91. The quantitative estimate of drug-likeness (QED) is 0.349. The molecule has 0 unspecified atom stereocenters. The van der Waals surface area contributed by atoms with E-state index >= 15 is 0 Å². The Morgan fingerprint density at radius 2 is 1.93 bits per heavy atom. The Bertz CT molecular complexity index is 1060. The zero-order chi connectivity index (χ0) is 21.7. The summed E-state index contributed by atoms with van der Waals surface area (Å²) >= 11 is 15.7. The van der Waals surface area contributed by atoms with Gasteiger partial charge in [-0.3, -0.25) is 30.1 Å². The first-order valence-corrected chi connectivity index (χ1v) is 11.1. The van der Waals surface area contributed by atoms with Crippen molar-refractivity contribution in [2.24, 2.45) is 0 Å². The molecule has 0 aromatic heterocycles. The van der Waals surface area contributed by atoms with E-state index in [2.05, 4.69) is 26.8 Å². The molecular weight excluding hydrogens is 510 g/mol. The highest BCUT2D eigenvalue weighted by Gasteiger charge is 2.32. The SMILES string of the molecule is O=C(CCN1C(=O)/C(=C/c2cccc(Br)c2)SC1=S)NNC(=O)c1cccc(Cl)c1. The molecule has 1 aliphatic heterocycles. The lowest BCUT2D eigenvalue weighted by atomic mass is 10.2. The van der Waals surface area contributed by atoms with Gasteiger partial charge in [-0.05, 0) is 42.0 Å². The van der Waals surface area contributed by atoms with E-state index in [0.717, 1.165) is 10.0 Å². The fraction of sp³-hybridized carbons (Fsp3) is 0.100. The second-order valence-electron chi connectivity index (χ2n) is 6.15. The largest absolute Gasteiger partial charge is 0.292 e. The number of carbonyl (C=O) groups excluding carboxylic acids is 3. The number of amides is 3. The van der Waals surface area contributed by atoms with E-state index in [1.165, 1.54) is 22.7 Å². The van der Waals surface area contributed by atoms with Gasteiger partial charge < -0.3 is 0 Å². The average molecular weight is 525 g/mol. The number of halogens is 2. The molecule has 0 bridgehead atoms. The molecule has 0 saturated carbocycles. The molecule has 6 nitrogen and oxygen atoms in total. The van der Waals surface area contributed by atoms with Gasteiger partial charge in [-0.25, -0.2) is 0 Å². The molecule has 154 valence electrons. The van der Waals surface area contributed by atoms with Crippen LogP contribution in [-0.4, -0.2) is 33.5 Å². The van der Waals surface area contributed by atoms with Crippen LogP contribution in [0.4, 0.5) is 0 Å². The van der Waals surface area contributed by atoms with Crippen molar-refractivity contribution in [3.8, 4) is 0 Å². The molecule has 3 rings (SSSR count). The normalized spacial score (nSPS) is 14.9. The van der Waals surface area contributed by atoms with E-state index in [9.17, 15) is 14.4 Å². The van der Waals surface area contributed by atoms with Gasteiger partial charge >= 0.3 is 0 Å². The molecule has 2 N–H and O–H groups in total. The summed E-state index contributed by atoms with van der Waals surface area (Å²) in [4.78, 5) is 38.6. The molecule has 10 heteroatoms. The summed E-state index contributed by atoms with van der Waals surface area (Å²) in [5, 5.41) is 0.416. The number of carbonyl (C=O) groups is 3. The van der Waals surface area contributed by atoms with E-state index in [-0.39, 0.29) is 18.9 Å². The van der Waals surface area contributed by atoms with Gasteiger partial charge in [0.2, 0.25) is 5.91 Å². The first kappa shape index (κ1) is 22.5. The van der Waals surface area contributed by atoms with Crippen LogP contribution in [0.25, 0.3) is 6.08 Å². The van der Waals surface area contributed by atoms with Crippen LogP contribution in [0.15, 0.2) is 57.9 Å². The fourth-order valence-corrected chi connectivity index (χ4v) is 4.46. The highest BCUT2D eigenvalue weighted by atomic mass is 79.9. The summed E-state index contributed by atoms with van der Waals surface area (Å²) in [7, 11) is 0. The number of nitrogens with zero attached hydrogens (tertiary/aromatic N) is 1. The molecule has 0 aliphatic carbocycles. The monoisotopic (exact) mass is 523 g/mol. The number of nitrogens with one attached hydrogen (secondary N) is 2. The van der Waals surface area contributed by atoms with Gasteiger partial charge in [0.05, 0.1) is 4.91 Å². The molecule has 2 aromatic carbocycles. The van der Waals surface area contributed by atoms with Crippen molar-refractivity contribution in [2.75, 3.05) is 6.54 Å². The number of rotatable bonds is 5. The van der Waals surface area contributed by atoms with Crippen LogP contribution in [0.1, 0.15) is 22.3 Å². The second kappa shape index (κ2) is 10.2. The van der Waals surface area contributed by atoms with Crippen LogP contribution >= 0.6 is 51.5 Å². The summed E-state index contributed by atoms with van der Waals surface area (Å²) in [6.07, 6.45) is 1.74. The van der Waals surface area contributed by atoms with Crippen molar-refractivity contribution in [1.82, 2.24) is 15.8 Å². The predicted octanol–water partition coefficient (Wildman–Crippen LogP) is 4.16. The predicted molar refractivity (Wildman–Crippen MR) is 126 cm³/mol. The third-order valence-electron chi connectivity index (χ3n) is 3.98. The smallest absolute Gasteiger partial charge is 0.269 e. The van der Waals surface area contributed by atoms with Crippen molar-refractivity contribution in [2.45, 2.75) is 6.42 Å². The lowest BCUT2D eigenvalue weighted by Gasteiger charge is -2.14. The van der Waals surface area contributed by atoms with Gasteiger partial charge in [-0.1, -0.05) is 69.7 Å². The van der Waals surface area contributed by atoms with Crippen LogP contribution in [0, 0.1) is 0 Å².